The summed E-state index contributed by atoms with van der Waals surface area (Å²) in [6.07, 6.45) is -0.792. The van der Waals surface area contributed by atoms with E-state index in [9.17, 15) is 13.6 Å². The van der Waals surface area contributed by atoms with Crippen molar-refractivity contribution in [2.75, 3.05) is 0 Å². The van der Waals surface area contributed by atoms with E-state index >= 15 is 0 Å². The molecule has 0 heterocycles. The molecule has 1 N–H and O–H groups in total. The van der Waals surface area contributed by atoms with Crippen molar-refractivity contribution in [1.82, 2.24) is 0 Å². The van der Waals surface area contributed by atoms with Gasteiger partial charge in [-0.1, -0.05) is 0 Å². The summed E-state index contributed by atoms with van der Waals surface area (Å²) in [7, 11) is 0. The first-order chi connectivity index (χ1) is 5.59. The van der Waals surface area contributed by atoms with E-state index in [4.69, 9.17) is 5.11 Å². The van der Waals surface area contributed by atoms with Crippen molar-refractivity contribution >= 4 is 5.97 Å². The molecule has 0 spiro atoms. The lowest BCUT2D eigenvalue weighted by atomic mass is 10.0. The maximum atomic E-state index is 11.9. The Balaban J connectivity index is 2.30. The van der Waals surface area contributed by atoms with Crippen molar-refractivity contribution in [2.24, 2.45) is 11.8 Å². The normalized spacial score (nSPS) is 29.6. The number of hydrogen-bond donors (Lipinski definition) is 1. The van der Waals surface area contributed by atoms with E-state index in [0.717, 1.165) is 0 Å². The fourth-order valence-electron chi connectivity index (χ4n) is 1.77. The fraction of sp³-hybridized carbons (Fsp3) is 0.875. The Labute approximate surface area is 69.6 Å². The van der Waals surface area contributed by atoms with Crippen LogP contribution in [0.2, 0.25) is 0 Å². The molecule has 0 aromatic rings. The molecule has 0 amide bonds. The standard InChI is InChI=1S/C8H12F2O2/c9-7(10)4-5-1-2-6(3-5)8(11)12/h5-7H,1-4H2,(H,11,12). The van der Waals surface area contributed by atoms with Crippen molar-refractivity contribution in [1.29, 1.82) is 0 Å². The van der Waals surface area contributed by atoms with Crippen molar-refractivity contribution in [3.63, 3.8) is 0 Å². The van der Waals surface area contributed by atoms with Gasteiger partial charge < -0.3 is 5.11 Å². The molecule has 1 aliphatic carbocycles. The van der Waals surface area contributed by atoms with E-state index in [1.54, 1.807) is 0 Å². The number of alkyl halides is 2. The third-order valence-corrected chi connectivity index (χ3v) is 2.40. The van der Waals surface area contributed by atoms with Gasteiger partial charge in [-0.2, -0.15) is 0 Å². The molecule has 2 unspecified atom stereocenters. The van der Waals surface area contributed by atoms with Gasteiger partial charge in [0.15, 0.2) is 0 Å². The van der Waals surface area contributed by atoms with E-state index in [2.05, 4.69) is 0 Å². The van der Waals surface area contributed by atoms with Crippen molar-refractivity contribution in [2.45, 2.75) is 32.1 Å². The van der Waals surface area contributed by atoms with Crippen LogP contribution in [-0.2, 0) is 4.79 Å². The van der Waals surface area contributed by atoms with Gasteiger partial charge in [-0.3, -0.25) is 4.79 Å². The van der Waals surface area contributed by atoms with Crippen molar-refractivity contribution < 1.29 is 18.7 Å². The SMILES string of the molecule is O=C(O)C1CCC(CC(F)F)C1. The number of carbonyl (C=O) groups is 1. The summed E-state index contributed by atoms with van der Waals surface area (Å²) in [5, 5.41) is 8.58. The predicted octanol–water partition coefficient (Wildman–Crippen LogP) is 2.14. The van der Waals surface area contributed by atoms with Gasteiger partial charge in [-0.25, -0.2) is 8.78 Å². The number of carboxylic acids is 1. The molecule has 0 aliphatic heterocycles. The minimum atomic E-state index is -2.29. The zero-order valence-electron chi connectivity index (χ0n) is 6.67. The first kappa shape index (κ1) is 9.42. The number of aliphatic carboxylic acids is 1. The molecule has 0 aromatic heterocycles. The molecule has 0 saturated heterocycles. The lowest BCUT2D eigenvalue weighted by molar-refractivity contribution is -0.141. The molecule has 12 heavy (non-hydrogen) atoms. The van der Waals surface area contributed by atoms with Gasteiger partial charge >= 0.3 is 5.97 Å². The van der Waals surface area contributed by atoms with Gasteiger partial charge in [-0.15, -0.1) is 0 Å². The van der Waals surface area contributed by atoms with Crippen LogP contribution >= 0.6 is 0 Å². The largest absolute Gasteiger partial charge is 0.481 e. The van der Waals surface area contributed by atoms with E-state index in [1.807, 2.05) is 0 Å². The quantitative estimate of drug-likeness (QED) is 0.718. The molecular weight excluding hydrogens is 166 g/mol. The minimum absolute atomic E-state index is 0.0777. The summed E-state index contributed by atoms with van der Waals surface area (Å²) in [5.74, 6) is -1.30. The van der Waals surface area contributed by atoms with Crippen LogP contribution in [0.25, 0.3) is 0 Å². The second kappa shape index (κ2) is 3.83. The van der Waals surface area contributed by atoms with E-state index in [1.165, 1.54) is 0 Å². The molecule has 1 aliphatic rings. The Bertz CT molecular complexity index is 170. The maximum Gasteiger partial charge on any atom is 0.306 e. The van der Waals surface area contributed by atoms with Gasteiger partial charge in [0.25, 0.3) is 0 Å². The highest BCUT2D eigenvalue weighted by Crippen LogP contribution is 2.34. The Morgan fingerprint density at radius 1 is 1.50 bits per heavy atom. The smallest absolute Gasteiger partial charge is 0.306 e. The zero-order valence-corrected chi connectivity index (χ0v) is 6.67. The van der Waals surface area contributed by atoms with Crippen LogP contribution in [-0.4, -0.2) is 17.5 Å². The Morgan fingerprint density at radius 2 is 2.17 bits per heavy atom. The Kier molecular flexibility index (Phi) is 3.00. The lowest BCUT2D eigenvalue weighted by Gasteiger charge is -2.07. The van der Waals surface area contributed by atoms with Crippen LogP contribution in [0.4, 0.5) is 8.78 Å². The highest BCUT2D eigenvalue weighted by atomic mass is 19.3. The van der Waals surface area contributed by atoms with Crippen LogP contribution in [0.5, 0.6) is 0 Å². The highest BCUT2D eigenvalue weighted by molar-refractivity contribution is 5.70. The van der Waals surface area contributed by atoms with Crippen molar-refractivity contribution in [3.05, 3.63) is 0 Å². The summed E-state index contributed by atoms with van der Waals surface area (Å²) in [6, 6.07) is 0. The van der Waals surface area contributed by atoms with E-state index in [-0.39, 0.29) is 18.3 Å². The molecule has 2 atom stereocenters. The number of hydrogen-bond acceptors (Lipinski definition) is 1. The van der Waals surface area contributed by atoms with Crippen LogP contribution in [0.1, 0.15) is 25.7 Å². The molecule has 70 valence electrons. The summed E-state index contributed by atoms with van der Waals surface area (Å²) in [4.78, 5) is 10.4. The molecule has 1 rings (SSSR count). The topological polar surface area (TPSA) is 37.3 Å². The third kappa shape index (κ3) is 2.43. The zero-order chi connectivity index (χ0) is 9.14. The van der Waals surface area contributed by atoms with Crippen LogP contribution in [0.15, 0.2) is 0 Å². The molecule has 4 heteroatoms. The monoisotopic (exact) mass is 178 g/mol. The fourth-order valence-corrected chi connectivity index (χ4v) is 1.77. The van der Waals surface area contributed by atoms with Crippen LogP contribution in [0, 0.1) is 11.8 Å². The first-order valence-electron chi connectivity index (χ1n) is 4.10. The number of halogens is 2. The van der Waals surface area contributed by atoms with Gasteiger partial charge in [0.2, 0.25) is 6.43 Å². The van der Waals surface area contributed by atoms with Gasteiger partial charge in [0.1, 0.15) is 0 Å². The molecule has 0 aromatic carbocycles. The molecule has 0 bridgehead atoms. The molecule has 1 fully saturated rings. The predicted molar refractivity (Wildman–Crippen MR) is 39.1 cm³/mol. The second-order valence-corrected chi connectivity index (χ2v) is 3.34. The first-order valence-corrected chi connectivity index (χ1v) is 4.10. The average molecular weight is 178 g/mol. The molecule has 1 saturated carbocycles. The van der Waals surface area contributed by atoms with Gasteiger partial charge in [0, 0.05) is 6.42 Å². The maximum absolute atomic E-state index is 11.9. The summed E-state index contributed by atoms with van der Waals surface area (Å²) in [5.41, 5.74) is 0. The average Bonchev–Trinajstić information content (AvgIpc) is 2.34. The van der Waals surface area contributed by atoms with Gasteiger partial charge in [-0.05, 0) is 25.2 Å². The lowest BCUT2D eigenvalue weighted by Crippen LogP contribution is -2.10. The molecule has 2 nitrogen and oxygen atoms in total. The number of rotatable bonds is 3. The third-order valence-electron chi connectivity index (χ3n) is 2.40. The minimum Gasteiger partial charge on any atom is -0.481 e. The summed E-state index contributed by atoms with van der Waals surface area (Å²) >= 11 is 0. The number of carboxylic acid groups (broad SMARTS) is 1. The van der Waals surface area contributed by atoms with Crippen molar-refractivity contribution in [3.8, 4) is 0 Å². The Morgan fingerprint density at radius 3 is 2.58 bits per heavy atom. The van der Waals surface area contributed by atoms with Crippen LogP contribution in [0.3, 0.4) is 0 Å². The highest BCUT2D eigenvalue weighted by Gasteiger charge is 2.30. The van der Waals surface area contributed by atoms with Crippen LogP contribution < -0.4 is 0 Å². The summed E-state index contributed by atoms with van der Waals surface area (Å²) < 4.78 is 23.7. The van der Waals surface area contributed by atoms with Gasteiger partial charge in [0.05, 0.1) is 5.92 Å². The van der Waals surface area contributed by atoms with E-state index < -0.39 is 12.4 Å². The van der Waals surface area contributed by atoms with E-state index in [0.29, 0.717) is 19.3 Å². The molecular formula is C8H12F2O2. The Hall–Kier alpha value is -0.670. The second-order valence-electron chi connectivity index (χ2n) is 3.34. The molecule has 0 radical (unpaired) electrons. The summed E-state index contributed by atoms with van der Waals surface area (Å²) in [6.45, 7) is 0.